The largest absolute Gasteiger partial charge is 0.255 e. The van der Waals surface area contributed by atoms with E-state index < -0.39 is 0 Å². The lowest BCUT2D eigenvalue weighted by molar-refractivity contribution is 1.24. The van der Waals surface area contributed by atoms with E-state index in [0.717, 1.165) is 37.8 Å². The van der Waals surface area contributed by atoms with Crippen LogP contribution in [0.15, 0.2) is 77.4 Å². The Bertz CT molecular complexity index is 1100. The second-order valence-corrected chi connectivity index (χ2v) is 6.48. The maximum atomic E-state index is 9.72. The Hall–Kier alpha value is -3.03. The van der Waals surface area contributed by atoms with Crippen LogP contribution in [-0.2, 0) is 0 Å². The lowest BCUT2D eigenvalue weighted by Crippen LogP contribution is -1.97. The van der Waals surface area contributed by atoms with E-state index >= 15 is 0 Å². The molecular weight excluding hydrogens is 374 g/mol. The SMILES string of the molecule is N#Cc1nc(-c2ccccn2)c2ccccc2c1-c1ccc(Br)cc1. The zero-order chi connectivity index (χ0) is 17.2. The molecule has 0 saturated heterocycles. The highest BCUT2D eigenvalue weighted by molar-refractivity contribution is 9.10. The first kappa shape index (κ1) is 15.5. The Kier molecular flexibility index (Phi) is 4.01. The zero-order valence-electron chi connectivity index (χ0n) is 13.1. The van der Waals surface area contributed by atoms with E-state index in [9.17, 15) is 5.26 Å². The number of hydrogen-bond donors (Lipinski definition) is 0. The van der Waals surface area contributed by atoms with E-state index in [4.69, 9.17) is 0 Å². The first-order valence-electron chi connectivity index (χ1n) is 7.78. The Morgan fingerprint density at radius 2 is 1.56 bits per heavy atom. The number of benzene rings is 2. The zero-order valence-corrected chi connectivity index (χ0v) is 14.7. The van der Waals surface area contributed by atoms with Crippen molar-refractivity contribution in [2.24, 2.45) is 0 Å². The molecule has 4 aromatic rings. The van der Waals surface area contributed by atoms with Crippen molar-refractivity contribution in [2.75, 3.05) is 0 Å². The third kappa shape index (κ3) is 2.79. The smallest absolute Gasteiger partial charge is 0.149 e. The van der Waals surface area contributed by atoms with Crippen molar-refractivity contribution in [3.8, 4) is 28.6 Å². The van der Waals surface area contributed by atoms with E-state index in [1.807, 2.05) is 66.7 Å². The number of aromatic nitrogens is 2. The van der Waals surface area contributed by atoms with Crippen molar-refractivity contribution in [1.29, 1.82) is 5.26 Å². The molecule has 2 aromatic carbocycles. The fourth-order valence-electron chi connectivity index (χ4n) is 2.95. The Labute approximate surface area is 153 Å². The van der Waals surface area contributed by atoms with E-state index in [2.05, 4.69) is 32.0 Å². The second kappa shape index (κ2) is 6.46. The van der Waals surface area contributed by atoms with Gasteiger partial charge in [0.2, 0.25) is 0 Å². The summed E-state index contributed by atoms with van der Waals surface area (Å²) >= 11 is 3.46. The van der Waals surface area contributed by atoms with Crippen LogP contribution in [0.1, 0.15) is 5.69 Å². The third-order valence-electron chi connectivity index (χ3n) is 4.06. The highest BCUT2D eigenvalue weighted by Gasteiger charge is 2.16. The Morgan fingerprint density at radius 3 is 2.24 bits per heavy atom. The molecule has 25 heavy (non-hydrogen) atoms. The Balaban J connectivity index is 2.09. The first-order valence-corrected chi connectivity index (χ1v) is 8.57. The van der Waals surface area contributed by atoms with Crippen LogP contribution in [0, 0.1) is 11.3 Å². The van der Waals surface area contributed by atoms with E-state index in [1.54, 1.807) is 6.20 Å². The van der Waals surface area contributed by atoms with Crippen LogP contribution in [-0.4, -0.2) is 9.97 Å². The van der Waals surface area contributed by atoms with Crippen LogP contribution in [0.25, 0.3) is 33.3 Å². The average Bonchev–Trinajstić information content (AvgIpc) is 2.68. The van der Waals surface area contributed by atoms with Crippen molar-refractivity contribution in [1.82, 2.24) is 9.97 Å². The van der Waals surface area contributed by atoms with E-state index in [0.29, 0.717) is 5.69 Å². The molecule has 3 nitrogen and oxygen atoms in total. The monoisotopic (exact) mass is 385 g/mol. The number of rotatable bonds is 2. The highest BCUT2D eigenvalue weighted by Crippen LogP contribution is 2.36. The van der Waals surface area contributed by atoms with Gasteiger partial charge in [-0.2, -0.15) is 5.26 Å². The summed E-state index contributed by atoms with van der Waals surface area (Å²) in [5, 5.41) is 11.7. The molecule has 0 atom stereocenters. The highest BCUT2D eigenvalue weighted by atomic mass is 79.9. The van der Waals surface area contributed by atoms with Crippen molar-refractivity contribution < 1.29 is 0 Å². The van der Waals surface area contributed by atoms with Gasteiger partial charge in [-0.3, -0.25) is 4.98 Å². The fraction of sp³-hybridized carbons (Fsp3) is 0. The maximum Gasteiger partial charge on any atom is 0.149 e. The van der Waals surface area contributed by atoms with Gasteiger partial charge in [0.05, 0.1) is 11.4 Å². The minimum atomic E-state index is 0.404. The van der Waals surface area contributed by atoms with Gasteiger partial charge in [-0.05, 0) is 35.2 Å². The number of fused-ring (bicyclic) bond motifs is 1. The quantitative estimate of drug-likeness (QED) is 0.451. The lowest BCUT2D eigenvalue weighted by Gasteiger charge is -2.12. The number of nitriles is 1. The second-order valence-electron chi connectivity index (χ2n) is 5.56. The molecule has 0 radical (unpaired) electrons. The van der Waals surface area contributed by atoms with Crippen LogP contribution in [0.2, 0.25) is 0 Å². The van der Waals surface area contributed by atoms with Gasteiger partial charge in [-0.1, -0.05) is 58.4 Å². The standard InChI is InChI=1S/C21H12BrN3/c22-15-10-8-14(9-11-15)20-16-5-1-2-6-17(16)21(25-19(20)13-23)18-7-3-4-12-24-18/h1-12H. The van der Waals surface area contributed by atoms with E-state index in [-0.39, 0.29) is 0 Å². The molecule has 4 rings (SSSR count). The molecule has 0 aliphatic rings. The number of nitrogens with zero attached hydrogens (tertiary/aromatic N) is 3. The summed E-state index contributed by atoms with van der Waals surface area (Å²) in [7, 11) is 0. The van der Waals surface area contributed by atoms with Crippen LogP contribution in [0.4, 0.5) is 0 Å². The van der Waals surface area contributed by atoms with Crippen molar-refractivity contribution in [3.05, 3.63) is 83.1 Å². The van der Waals surface area contributed by atoms with Gasteiger partial charge >= 0.3 is 0 Å². The number of hydrogen-bond acceptors (Lipinski definition) is 3. The minimum absolute atomic E-state index is 0.404. The molecule has 2 heterocycles. The van der Waals surface area contributed by atoms with Crippen molar-refractivity contribution >= 4 is 26.7 Å². The van der Waals surface area contributed by atoms with Crippen molar-refractivity contribution in [2.45, 2.75) is 0 Å². The summed E-state index contributed by atoms with van der Waals surface area (Å²) in [6, 6.07) is 23.9. The maximum absolute atomic E-state index is 9.72. The van der Waals surface area contributed by atoms with Gasteiger partial charge in [0.15, 0.2) is 0 Å². The average molecular weight is 386 g/mol. The molecule has 0 aliphatic carbocycles. The molecule has 118 valence electrons. The summed E-state index contributed by atoms with van der Waals surface area (Å²) < 4.78 is 0.997. The van der Waals surface area contributed by atoms with Gasteiger partial charge in [0, 0.05) is 21.6 Å². The van der Waals surface area contributed by atoms with Crippen LogP contribution in [0.3, 0.4) is 0 Å². The molecule has 0 aliphatic heterocycles. The van der Waals surface area contributed by atoms with Gasteiger partial charge in [-0.15, -0.1) is 0 Å². The molecular formula is C21H12BrN3. The topological polar surface area (TPSA) is 49.6 Å². The number of halogens is 1. The molecule has 0 fully saturated rings. The van der Waals surface area contributed by atoms with Gasteiger partial charge in [-0.25, -0.2) is 4.98 Å². The predicted octanol–water partition coefficient (Wildman–Crippen LogP) is 5.60. The molecule has 0 saturated carbocycles. The van der Waals surface area contributed by atoms with Crippen molar-refractivity contribution in [3.63, 3.8) is 0 Å². The summed E-state index contributed by atoms with van der Waals surface area (Å²) in [5.41, 5.74) is 3.72. The van der Waals surface area contributed by atoms with Crippen LogP contribution < -0.4 is 0 Å². The molecule has 2 aromatic heterocycles. The fourth-order valence-corrected chi connectivity index (χ4v) is 3.22. The molecule has 0 spiro atoms. The molecule has 0 bridgehead atoms. The summed E-state index contributed by atoms with van der Waals surface area (Å²) in [4.78, 5) is 9.06. The first-order chi connectivity index (χ1) is 12.3. The summed E-state index contributed by atoms with van der Waals surface area (Å²) in [6.07, 6.45) is 1.74. The summed E-state index contributed by atoms with van der Waals surface area (Å²) in [6.45, 7) is 0. The molecule has 0 N–H and O–H groups in total. The van der Waals surface area contributed by atoms with Crippen LogP contribution >= 0.6 is 15.9 Å². The van der Waals surface area contributed by atoms with Gasteiger partial charge in [0.25, 0.3) is 0 Å². The van der Waals surface area contributed by atoms with Gasteiger partial charge < -0.3 is 0 Å². The molecule has 0 unspecified atom stereocenters. The summed E-state index contributed by atoms with van der Waals surface area (Å²) in [5.74, 6) is 0. The molecule has 0 amide bonds. The lowest BCUT2D eigenvalue weighted by atomic mass is 9.95. The van der Waals surface area contributed by atoms with Gasteiger partial charge in [0.1, 0.15) is 11.8 Å². The minimum Gasteiger partial charge on any atom is -0.255 e. The molecule has 4 heteroatoms. The number of pyridine rings is 2. The Morgan fingerprint density at radius 1 is 0.840 bits per heavy atom. The third-order valence-corrected chi connectivity index (χ3v) is 4.59. The van der Waals surface area contributed by atoms with E-state index in [1.165, 1.54) is 0 Å². The normalized spacial score (nSPS) is 10.6. The van der Waals surface area contributed by atoms with Crippen LogP contribution in [0.5, 0.6) is 0 Å². The predicted molar refractivity (Wildman–Crippen MR) is 103 cm³/mol.